The predicted octanol–water partition coefficient (Wildman–Crippen LogP) is 5.60. The molecule has 0 aliphatic rings. The lowest BCUT2D eigenvalue weighted by Gasteiger charge is -2.19. The summed E-state index contributed by atoms with van der Waals surface area (Å²) in [7, 11) is 1.62. The van der Waals surface area contributed by atoms with Crippen LogP contribution < -0.4 is 16.2 Å². The van der Waals surface area contributed by atoms with Crippen LogP contribution in [0.15, 0.2) is 77.7 Å². The molecule has 43 heavy (non-hydrogen) atoms. The molecule has 0 radical (unpaired) electrons. The summed E-state index contributed by atoms with van der Waals surface area (Å²) in [5, 5.41) is 15.2. The second kappa shape index (κ2) is 13.0. The molecular formula is C34H39N5O4. The van der Waals surface area contributed by atoms with E-state index in [1.165, 1.54) is 4.90 Å². The number of hydrogen-bond acceptors (Lipinski definition) is 6. The van der Waals surface area contributed by atoms with Gasteiger partial charge in [-0.05, 0) is 72.9 Å². The Kier molecular flexibility index (Phi) is 9.46. The summed E-state index contributed by atoms with van der Waals surface area (Å²) >= 11 is 0. The lowest BCUT2D eigenvalue weighted by Crippen LogP contribution is -2.29. The smallest absolute Gasteiger partial charge is 0.293 e. The van der Waals surface area contributed by atoms with Gasteiger partial charge in [-0.3, -0.25) is 14.4 Å². The van der Waals surface area contributed by atoms with E-state index in [2.05, 4.69) is 36.4 Å². The van der Waals surface area contributed by atoms with Gasteiger partial charge >= 0.3 is 0 Å². The molecule has 0 saturated heterocycles. The summed E-state index contributed by atoms with van der Waals surface area (Å²) in [4.78, 5) is 44.9. The molecule has 9 nitrogen and oxygen atoms in total. The Morgan fingerprint density at radius 1 is 0.977 bits per heavy atom. The minimum absolute atomic E-state index is 0.00419. The molecule has 0 fully saturated rings. The molecule has 0 saturated carbocycles. The standard InChI is InChI=1S/C34H39N5O4/c1-7-39-21-29(36-30(33(39)43)35-26-17-13-24(14-18-26)32(42)38(6)19-20-40)27-9-8-10-28(22(27)2)37-31(41)23-11-15-25(16-12-23)34(3,4)5/h8-18,21,40H,7,19-20H2,1-6H3,(H,35,36)(H,37,41). The molecule has 4 rings (SSSR count). The molecule has 9 heteroatoms. The third-order valence-electron chi connectivity index (χ3n) is 7.36. The molecule has 3 N–H and O–H groups in total. The molecule has 4 aromatic rings. The number of nitrogens with zero attached hydrogens (tertiary/aromatic N) is 3. The average Bonchev–Trinajstić information content (AvgIpc) is 2.99. The van der Waals surface area contributed by atoms with Crippen molar-refractivity contribution in [1.29, 1.82) is 0 Å². The van der Waals surface area contributed by atoms with E-state index in [-0.39, 0.29) is 41.8 Å². The second-order valence-electron chi connectivity index (χ2n) is 11.5. The van der Waals surface area contributed by atoms with E-state index in [1.54, 1.807) is 42.1 Å². The van der Waals surface area contributed by atoms with Crippen LogP contribution in [0.25, 0.3) is 11.3 Å². The minimum Gasteiger partial charge on any atom is -0.395 e. The summed E-state index contributed by atoms with van der Waals surface area (Å²) < 4.78 is 1.58. The fourth-order valence-electron chi connectivity index (χ4n) is 4.65. The van der Waals surface area contributed by atoms with Crippen LogP contribution in [-0.4, -0.2) is 51.6 Å². The monoisotopic (exact) mass is 581 g/mol. The number of anilines is 3. The van der Waals surface area contributed by atoms with Crippen molar-refractivity contribution in [3.05, 3.63) is 106 Å². The maximum absolute atomic E-state index is 13.2. The van der Waals surface area contributed by atoms with Crippen molar-refractivity contribution in [2.75, 3.05) is 30.8 Å². The number of hydrogen-bond donors (Lipinski definition) is 3. The first kappa shape index (κ1) is 31.2. The third-order valence-corrected chi connectivity index (χ3v) is 7.36. The van der Waals surface area contributed by atoms with E-state index in [1.807, 2.05) is 56.3 Å². The van der Waals surface area contributed by atoms with Gasteiger partial charge < -0.3 is 25.2 Å². The minimum atomic E-state index is -0.283. The van der Waals surface area contributed by atoms with Gasteiger partial charge in [0, 0.05) is 54.4 Å². The van der Waals surface area contributed by atoms with Gasteiger partial charge in [-0.2, -0.15) is 0 Å². The Labute approximate surface area is 252 Å². The fraction of sp³-hybridized carbons (Fsp3) is 0.294. The molecule has 0 spiro atoms. The number of benzene rings is 3. The van der Waals surface area contributed by atoms with Gasteiger partial charge in [0.25, 0.3) is 17.4 Å². The highest BCUT2D eigenvalue weighted by Crippen LogP contribution is 2.29. The summed E-state index contributed by atoms with van der Waals surface area (Å²) in [5.41, 5.74) is 5.31. The lowest BCUT2D eigenvalue weighted by atomic mass is 9.86. The van der Waals surface area contributed by atoms with Crippen molar-refractivity contribution in [3.63, 3.8) is 0 Å². The molecule has 0 unspecified atom stereocenters. The molecule has 0 aliphatic heterocycles. The Hall–Kier alpha value is -4.76. The summed E-state index contributed by atoms with van der Waals surface area (Å²) in [6.07, 6.45) is 1.71. The molecule has 3 aromatic carbocycles. The van der Waals surface area contributed by atoms with E-state index < -0.39 is 0 Å². The van der Waals surface area contributed by atoms with Crippen molar-refractivity contribution in [1.82, 2.24) is 14.5 Å². The normalized spacial score (nSPS) is 11.2. The van der Waals surface area contributed by atoms with Crippen molar-refractivity contribution >= 4 is 29.0 Å². The van der Waals surface area contributed by atoms with Crippen LogP contribution in [0.5, 0.6) is 0 Å². The maximum atomic E-state index is 13.2. The van der Waals surface area contributed by atoms with Crippen LogP contribution in [0, 0.1) is 6.92 Å². The highest BCUT2D eigenvalue weighted by molar-refractivity contribution is 6.05. The van der Waals surface area contributed by atoms with E-state index >= 15 is 0 Å². The van der Waals surface area contributed by atoms with Crippen LogP contribution >= 0.6 is 0 Å². The van der Waals surface area contributed by atoms with Gasteiger partial charge in [-0.15, -0.1) is 0 Å². The number of likely N-dealkylation sites (N-methyl/N-ethyl adjacent to an activating group) is 1. The number of aromatic nitrogens is 2. The molecule has 0 bridgehead atoms. The largest absolute Gasteiger partial charge is 0.395 e. The maximum Gasteiger partial charge on any atom is 0.293 e. The van der Waals surface area contributed by atoms with Crippen LogP contribution in [-0.2, 0) is 12.0 Å². The number of nitrogens with one attached hydrogen (secondary N) is 2. The van der Waals surface area contributed by atoms with Crippen molar-refractivity contribution in [3.8, 4) is 11.3 Å². The highest BCUT2D eigenvalue weighted by atomic mass is 16.3. The SMILES string of the molecule is CCn1cc(-c2cccc(NC(=O)c3ccc(C(C)(C)C)cc3)c2C)nc(Nc2ccc(C(=O)N(C)CCO)cc2)c1=O. The number of carbonyl (C=O) groups excluding carboxylic acids is 2. The Morgan fingerprint density at radius 3 is 2.23 bits per heavy atom. The van der Waals surface area contributed by atoms with Crippen LogP contribution in [0.2, 0.25) is 0 Å². The first-order valence-corrected chi connectivity index (χ1v) is 14.3. The third kappa shape index (κ3) is 7.18. The summed E-state index contributed by atoms with van der Waals surface area (Å²) in [6, 6.07) is 20.0. The first-order valence-electron chi connectivity index (χ1n) is 14.3. The Bertz CT molecular complexity index is 1670. The molecule has 0 atom stereocenters. The van der Waals surface area contributed by atoms with Crippen molar-refractivity contribution in [2.24, 2.45) is 0 Å². The van der Waals surface area contributed by atoms with E-state index in [0.29, 0.717) is 34.7 Å². The average molecular weight is 582 g/mol. The predicted molar refractivity (Wildman–Crippen MR) is 171 cm³/mol. The summed E-state index contributed by atoms with van der Waals surface area (Å²) in [5.74, 6) is -0.277. The van der Waals surface area contributed by atoms with Crippen molar-refractivity contribution in [2.45, 2.75) is 46.6 Å². The van der Waals surface area contributed by atoms with Gasteiger partial charge in [-0.25, -0.2) is 4.98 Å². The van der Waals surface area contributed by atoms with E-state index in [4.69, 9.17) is 5.11 Å². The van der Waals surface area contributed by atoms with E-state index in [0.717, 1.165) is 16.7 Å². The van der Waals surface area contributed by atoms with Gasteiger partial charge in [-0.1, -0.05) is 45.0 Å². The van der Waals surface area contributed by atoms with Crippen LogP contribution in [0.4, 0.5) is 17.2 Å². The topological polar surface area (TPSA) is 117 Å². The number of carbonyl (C=O) groups is 2. The molecule has 2 amide bonds. The number of aliphatic hydroxyl groups excluding tert-OH is 1. The lowest BCUT2D eigenvalue weighted by molar-refractivity contribution is 0.0767. The Balaban J connectivity index is 1.60. The zero-order valence-electron chi connectivity index (χ0n) is 25.6. The zero-order valence-corrected chi connectivity index (χ0v) is 25.6. The number of aliphatic hydroxyl groups is 1. The van der Waals surface area contributed by atoms with E-state index in [9.17, 15) is 14.4 Å². The van der Waals surface area contributed by atoms with Crippen molar-refractivity contribution < 1.29 is 14.7 Å². The number of amides is 2. The van der Waals surface area contributed by atoms with Gasteiger partial charge in [0.05, 0.1) is 12.3 Å². The second-order valence-corrected chi connectivity index (χ2v) is 11.5. The van der Waals surface area contributed by atoms with Gasteiger partial charge in [0.15, 0.2) is 5.82 Å². The molecular weight excluding hydrogens is 542 g/mol. The molecule has 224 valence electrons. The quantitative estimate of drug-likeness (QED) is 0.237. The summed E-state index contributed by atoms with van der Waals surface area (Å²) in [6.45, 7) is 10.7. The first-order chi connectivity index (χ1) is 20.4. The molecule has 1 aromatic heterocycles. The molecule has 1 heterocycles. The highest BCUT2D eigenvalue weighted by Gasteiger charge is 2.17. The number of rotatable bonds is 9. The fourth-order valence-corrected chi connectivity index (χ4v) is 4.65. The van der Waals surface area contributed by atoms with Crippen LogP contribution in [0.3, 0.4) is 0 Å². The van der Waals surface area contributed by atoms with Gasteiger partial charge in [0.2, 0.25) is 0 Å². The molecule has 0 aliphatic carbocycles. The Morgan fingerprint density at radius 2 is 1.63 bits per heavy atom. The number of aryl methyl sites for hydroxylation is 1. The zero-order chi connectivity index (χ0) is 31.3. The van der Waals surface area contributed by atoms with Gasteiger partial charge in [0.1, 0.15) is 0 Å². The van der Waals surface area contributed by atoms with Crippen LogP contribution in [0.1, 0.15) is 59.5 Å².